The second-order valence-electron chi connectivity index (χ2n) is 4.18. The molecule has 0 atom stereocenters. The highest BCUT2D eigenvalue weighted by Crippen LogP contribution is 2.20. The SMILES string of the molecule is CCCCCN1CCCC1.O=S(=O)(O)C(F)(F)F. The maximum absolute atomic E-state index is 10.7. The van der Waals surface area contributed by atoms with Gasteiger partial charge in [-0.15, -0.1) is 0 Å². The molecule has 4 nitrogen and oxygen atoms in total. The number of likely N-dealkylation sites (tertiary alicyclic amines) is 1. The largest absolute Gasteiger partial charge is 0.522 e. The lowest BCUT2D eigenvalue weighted by Crippen LogP contribution is -2.21. The van der Waals surface area contributed by atoms with Crippen LogP contribution in [0.15, 0.2) is 0 Å². The predicted octanol–water partition coefficient (Wildman–Crippen LogP) is 2.67. The molecule has 18 heavy (non-hydrogen) atoms. The van der Waals surface area contributed by atoms with E-state index in [0.29, 0.717) is 0 Å². The van der Waals surface area contributed by atoms with Crippen LogP contribution in [-0.2, 0) is 10.1 Å². The quantitative estimate of drug-likeness (QED) is 0.491. The summed E-state index contributed by atoms with van der Waals surface area (Å²) in [6, 6.07) is 0. The van der Waals surface area contributed by atoms with E-state index in [1.165, 1.54) is 51.7 Å². The summed E-state index contributed by atoms with van der Waals surface area (Å²) < 4.78 is 57.5. The van der Waals surface area contributed by atoms with Gasteiger partial charge in [-0.3, -0.25) is 4.55 Å². The van der Waals surface area contributed by atoms with E-state index in [-0.39, 0.29) is 0 Å². The summed E-state index contributed by atoms with van der Waals surface area (Å²) in [4.78, 5) is 2.59. The van der Waals surface area contributed by atoms with Gasteiger partial charge in [0, 0.05) is 0 Å². The third kappa shape index (κ3) is 7.88. The van der Waals surface area contributed by atoms with E-state index in [1.54, 1.807) is 0 Å². The zero-order chi connectivity index (χ0) is 14.2. The maximum Gasteiger partial charge on any atom is 0.522 e. The highest BCUT2D eigenvalue weighted by molar-refractivity contribution is 7.86. The topological polar surface area (TPSA) is 57.6 Å². The summed E-state index contributed by atoms with van der Waals surface area (Å²) in [5.41, 5.74) is -5.53. The Morgan fingerprint density at radius 3 is 1.94 bits per heavy atom. The molecule has 1 heterocycles. The molecule has 1 aliphatic rings. The van der Waals surface area contributed by atoms with E-state index in [4.69, 9.17) is 13.0 Å². The average Bonchev–Trinajstić information content (AvgIpc) is 2.69. The van der Waals surface area contributed by atoms with Crippen LogP contribution in [0.3, 0.4) is 0 Å². The predicted molar refractivity (Wildman–Crippen MR) is 62.8 cm³/mol. The van der Waals surface area contributed by atoms with Crippen molar-refractivity contribution in [3.8, 4) is 0 Å². The molecule has 0 unspecified atom stereocenters. The Morgan fingerprint density at radius 2 is 1.61 bits per heavy atom. The molecule has 0 saturated carbocycles. The first kappa shape index (κ1) is 17.7. The van der Waals surface area contributed by atoms with Gasteiger partial charge in [0.05, 0.1) is 0 Å². The van der Waals surface area contributed by atoms with E-state index in [1.807, 2.05) is 0 Å². The first-order chi connectivity index (χ1) is 8.18. The smallest absolute Gasteiger partial charge is 0.303 e. The second kappa shape index (κ2) is 7.96. The van der Waals surface area contributed by atoms with Crippen molar-refractivity contribution in [3.63, 3.8) is 0 Å². The molecule has 1 N–H and O–H groups in total. The van der Waals surface area contributed by atoms with Crippen LogP contribution in [0.4, 0.5) is 13.2 Å². The highest BCUT2D eigenvalue weighted by Gasteiger charge is 2.44. The van der Waals surface area contributed by atoms with Crippen molar-refractivity contribution in [1.29, 1.82) is 0 Å². The molecule has 0 spiro atoms. The summed E-state index contributed by atoms with van der Waals surface area (Å²) in [6.45, 7) is 6.35. The van der Waals surface area contributed by atoms with Crippen molar-refractivity contribution < 1.29 is 26.1 Å². The highest BCUT2D eigenvalue weighted by atomic mass is 32.2. The third-order valence-electron chi connectivity index (χ3n) is 2.57. The summed E-state index contributed by atoms with van der Waals surface area (Å²) in [7, 11) is -5.84. The zero-order valence-corrected chi connectivity index (χ0v) is 11.2. The molecule has 0 radical (unpaired) electrons. The van der Waals surface area contributed by atoms with E-state index in [9.17, 15) is 13.2 Å². The molecule has 0 amide bonds. The van der Waals surface area contributed by atoms with Gasteiger partial charge in [-0.05, 0) is 38.9 Å². The Balaban J connectivity index is 0.000000331. The number of unbranched alkanes of at least 4 members (excludes halogenated alkanes) is 2. The van der Waals surface area contributed by atoms with Gasteiger partial charge in [0.2, 0.25) is 0 Å². The summed E-state index contributed by atoms with van der Waals surface area (Å²) >= 11 is 0. The maximum atomic E-state index is 10.7. The van der Waals surface area contributed by atoms with E-state index < -0.39 is 15.6 Å². The molecule has 1 rings (SSSR count). The van der Waals surface area contributed by atoms with Crippen LogP contribution >= 0.6 is 0 Å². The van der Waals surface area contributed by atoms with Crippen LogP contribution in [0.25, 0.3) is 0 Å². The monoisotopic (exact) mass is 291 g/mol. The lowest BCUT2D eigenvalue weighted by atomic mass is 10.2. The summed E-state index contributed by atoms with van der Waals surface area (Å²) in [5.74, 6) is 0. The van der Waals surface area contributed by atoms with Crippen molar-refractivity contribution in [2.24, 2.45) is 0 Å². The molecule has 110 valence electrons. The van der Waals surface area contributed by atoms with E-state index in [0.717, 1.165) is 0 Å². The van der Waals surface area contributed by atoms with E-state index >= 15 is 0 Å². The van der Waals surface area contributed by atoms with Crippen LogP contribution in [0.5, 0.6) is 0 Å². The Hall–Kier alpha value is -0.340. The number of hydrogen-bond donors (Lipinski definition) is 1. The molecule has 0 aromatic carbocycles. The van der Waals surface area contributed by atoms with Crippen LogP contribution in [0.2, 0.25) is 0 Å². The minimum absolute atomic E-state index is 1.36. The first-order valence-electron chi connectivity index (χ1n) is 5.94. The molecular formula is C10H20F3NO3S. The molecule has 1 aliphatic heterocycles. The van der Waals surface area contributed by atoms with Crippen molar-refractivity contribution >= 4 is 10.1 Å². The van der Waals surface area contributed by atoms with Gasteiger partial charge in [0.25, 0.3) is 0 Å². The number of halogens is 3. The minimum atomic E-state index is -5.84. The Morgan fingerprint density at radius 1 is 1.17 bits per heavy atom. The molecule has 1 fully saturated rings. The van der Waals surface area contributed by atoms with E-state index in [2.05, 4.69) is 11.8 Å². The zero-order valence-electron chi connectivity index (χ0n) is 10.4. The van der Waals surface area contributed by atoms with Crippen LogP contribution in [0, 0.1) is 0 Å². The summed E-state index contributed by atoms with van der Waals surface area (Å²) in [5, 5.41) is 0. The van der Waals surface area contributed by atoms with Gasteiger partial charge in [-0.25, -0.2) is 0 Å². The molecule has 1 saturated heterocycles. The van der Waals surface area contributed by atoms with Gasteiger partial charge in [-0.2, -0.15) is 21.6 Å². The number of rotatable bonds is 4. The fraction of sp³-hybridized carbons (Fsp3) is 1.00. The van der Waals surface area contributed by atoms with Crippen molar-refractivity contribution in [2.45, 2.75) is 44.5 Å². The lowest BCUT2D eigenvalue weighted by Gasteiger charge is -2.12. The molecule has 0 aliphatic carbocycles. The van der Waals surface area contributed by atoms with Gasteiger partial charge in [0.15, 0.2) is 0 Å². The number of hydrogen-bond acceptors (Lipinski definition) is 3. The third-order valence-corrected chi connectivity index (χ3v) is 3.15. The average molecular weight is 291 g/mol. The van der Waals surface area contributed by atoms with Crippen molar-refractivity contribution in [1.82, 2.24) is 4.90 Å². The van der Waals surface area contributed by atoms with Gasteiger partial charge in [-0.1, -0.05) is 19.8 Å². The van der Waals surface area contributed by atoms with Crippen LogP contribution in [-0.4, -0.2) is 43.0 Å². The molecule has 0 aromatic rings. The second-order valence-corrected chi connectivity index (χ2v) is 5.59. The molecule has 0 bridgehead atoms. The fourth-order valence-electron chi connectivity index (χ4n) is 1.59. The molecular weight excluding hydrogens is 271 g/mol. The molecule has 0 aromatic heterocycles. The minimum Gasteiger partial charge on any atom is -0.303 e. The van der Waals surface area contributed by atoms with Crippen molar-refractivity contribution in [2.75, 3.05) is 19.6 Å². The van der Waals surface area contributed by atoms with Gasteiger partial charge in [0.1, 0.15) is 0 Å². The van der Waals surface area contributed by atoms with Crippen LogP contribution < -0.4 is 0 Å². The number of alkyl halides is 3. The number of nitrogens with zero attached hydrogens (tertiary/aromatic N) is 1. The lowest BCUT2D eigenvalue weighted by molar-refractivity contribution is -0.0510. The Kier molecular flexibility index (Phi) is 7.81. The molecule has 8 heteroatoms. The Labute approximate surface area is 106 Å². The van der Waals surface area contributed by atoms with Gasteiger partial charge >= 0.3 is 15.6 Å². The standard InChI is InChI=1S/C9H19N.CHF3O3S/c1-2-3-4-7-10-8-5-6-9-10;2-1(3,4)8(5,6)7/h2-9H2,1H3;(H,5,6,7). The Bertz CT molecular complexity index is 311. The normalized spacial score (nSPS) is 17.4. The van der Waals surface area contributed by atoms with Crippen LogP contribution in [0.1, 0.15) is 39.0 Å². The summed E-state index contributed by atoms with van der Waals surface area (Å²) in [6.07, 6.45) is 7.05. The van der Waals surface area contributed by atoms with Crippen molar-refractivity contribution in [3.05, 3.63) is 0 Å². The van der Waals surface area contributed by atoms with Gasteiger partial charge < -0.3 is 4.90 Å². The first-order valence-corrected chi connectivity index (χ1v) is 7.38. The fourth-order valence-corrected chi connectivity index (χ4v) is 1.59.